The molecular formula is C12H12N4O3S. The van der Waals surface area contributed by atoms with Gasteiger partial charge in [-0.3, -0.25) is 4.57 Å². The molecule has 1 aliphatic carbocycles. The van der Waals surface area contributed by atoms with E-state index >= 15 is 0 Å². The van der Waals surface area contributed by atoms with E-state index in [1.165, 1.54) is 30.0 Å². The number of hydrogen-bond donors (Lipinski definition) is 3. The number of carboxylic acid groups (broad SMARTS) is 1. The molecule has 0 bridgehead atoms. The van der Waals surface area contributed by atoms with Gasteiger partial charge in [0.1, 0.15) is 0 Å². The molecule has 104 valence electrons. The number of hydrogen-bond acceptors (Lipinski definition) is 5. The van der Waals surface area contributed by atoms with Crippen molar-refractivity contribution in [3.8, 4) is 0 Å². The molecule has 0 saturated heterocycles. The molecule has 0 spiro atoms. The first kappa shape index (κ1) is 12.8. The van der Waals surface area contributed by atoms with Gasteiger partial charge in [0.25, 0.3) is 0 Å². The van der Waals surface area contributed by atoms with E-state index in [1.54, 1.807) is 4.57 Å². The maximum absolute atomic E-state index is 11.7. The van der Waals surface area contributed by atoms with Crippen molar-refractivity contribution in [2.24, 2.45) is 0 Å². The molecule has 0 radical (unpaired) electrons. The highest BCUT2D eigenvalue weighted by molar-refractivity contribution is 7.99. The van der Waals surface area contributed by atoms with Gasteiger partial charge in [-0.15, -0.1) is 5.10 Å². The zero-order valence-electron chi connectivity index (χ0n) is 10.4. The summed E-state index contributed by atoms with van der Waals surface area (Å²) in [7, 11) is 0. The number of aromatic amines is 1. The van der Waals surface area contributed by atoms with Crippen LogP contribution in [0.4, 0.5) is 5.69 Å². The van der Waals surface area contributed by atoms with E-state index in [9.17, 15) is 9.59 Å². The van der Waals surface area contributed by atoms with Crippen LogP contribution in [0, 0.1) is 0 Å². The minimum Gasteiger partial charge on any atom is -0.478 e. The number of nitrogens with one attached hydrogen (secondary N) is 1. The number of rotatable bonds is 4. The molecule has 1 heterocycles. The summed E-state index contributed by atoms with van der Waals surface area (Å²) in [4.78, 5) is 23.2. The number of carbonyl (C=O) groups is 1. The molecule has 7 nitrogen and oxygen atoms in total. The number of nitrogens with two attached hydrogens (primary N) is 1. The van der Waals surface area contributed by atoms with Crippen LogP contribution in [0.3, 0.4) is 0 Å². The Morgan fingerprint density at radius 2 is 2.25 bits per heavy atom. The number of anilines is 1. The van der Waals surface area contributed by atoms with Crippen LogP contribution in [0.25, 0.3) is 0 Å². The van der Waals surface area contributed by atoms with E-state index in [2.05, 4.69) is 10.2 Å². The lowest BCUT2D eigenvalue weighted by atomic mass is 10.2. The highest BCUT2D eigenvalue weighted by Crippen LogP contribution is 2.38. The SMILES string of the molecule is Nc1ccc(C(=O)O)cc1Sc1n[nH]c(=O)n1C1CC1. The van der Waals surface area contributed by atoms with E-state index < -0.39 is 5.97 Å². The predicted octanol–water partition coefficient (Wildman–Crippen LogP) is 1.34. The third-order valence-electron chi connectivity index (χ3n) is 3.05. The third kappa shape index (κ3) is 2.29. The Bertz CT molecular complexity index is 733. The van der Waals surface area contributed by atoms with Gasteiger partial charge in [-0.1, -0.05) is 0 Å². The van der Waals surface area contributed by atoms with Crippen LogP contribution in [0.5, 0.6) is 0 Å². The smallest absolute Gasteiger partial charge is 0.344 e. The summed E-state index contributed by atoms with van der Waals surface area (Å²) in [5.74, 6) is -1.02. The van der Waals surface area contributed by atoms with Crippen molar-refractivity contribution in [2.75, 3.05) is 5.73 Å². The van der Waals surface area contributed by atoms with E-state index in [0.717, 1.165) is 12.8 Å². The van der Waals surface area contributed by atoms with Gasteiger partial charge in [0.05, 0.1) is 5.56 Å². The minimum atomic E-state index is -1.02. The average Bonchev–Trinajstić information content (AvgIpc) is 3.17. The van der Waals surface area contributed by atoms with Gasteiger partial charge in [-0.2, -0.15) is 0 Å². The molecule has 1 aromatic heterocycles. The van der Waals surface area contributed by atoms with E-state index in [-0.39, 0.29) is 17.3 Å². The fourth-order valence-corrected chi connectivity index (χ4v) is 2.86. The van der Waals surface area contributed by atoms with Gasteiger partial charge < -0.3 is 10.8 Å². The number of benzene rings is 1. The Balaban J connectivity index is 1.97. The lowest BCUT2D eigenvalue weighted by molar-refractivity contribution is 0.0696. The van der Waals surface area contributed by atoms with Crippen LogP contribution in [-0.2, 0) is 0 Å². The second-order valence-electron chi connectivity index (χ2n) is 4.57. The maximum atomic E-state index is 11.7. The van der Waals surface area contributed by atoms with Gasteiger partial charge >= 0.3 is 11.7 Å². The molecule has 2 aromatic rings. The van der Waals surface area contributed by atoms with Crippen LogP contribution in [0.15, 0.2) is 33.0 Å². The van der Waals surface area contributed by atoms with Crippen LogP contribution < -0.4 is 11.4 Å². The van der Waals surface area contributed by atoms with Crippen molar-refractivity contribution in [1.29, 1.82) is 0 Å². The first-order valence-corrected chi connectivity index (χ1v) is 6.85. The minimum absolute atomic E-state index is 0.151. The Kier molecular flexibility index (Phi) is 3.01. The van der Waals surface area contributed by atoms with Gasteiger partial charge in [0, 0.05) is 16.6 Å². The van der Waals surface area contributed by atoms with Gasteiger partial charge in [-0.25, -0.2) is 14.7 Å². The van der Waals surface area contributed by atoms with Crippen molar-refractivity contribution in [3.63, 3.8) is 0 Å². The number of aromatic carboxylic acids is 1. The number of aromatic nitrogens is 3. The quantitative estimate of drug-likeness (QED) is 0.733. The number of nitrogens with zero attached hydrogens (tertiary/aromatic N) is 2. The van der Waals surface area contributed by atoms with Crippen molar-refractivity contribution in [3.05, 3.63) is 34.2 Å². The normalized spacial score (nSPS) is 14.4. The summed E-state index contributed by atoms with van der Waals surface area (Å²) in [6.07, 6.45) is 1.91. The summed E-state index contributed by atoms with van der Waals surface area (Å²) >= 11 is 1.19. The standard InChI is InChI=1S/C12H12N4O3S/c13-8-4-1-6(10(17)18)5-9(8)20-12-15-14-11(19)16(12)7-2-3-7/h1,4-5,7H,2-3,13H2,(H,14,19)(H,17,18). The lowest BCUT2D eigenvalue weighted by Gasteiger charge is -2.07. The monoisotopic (exact) mass is 292 g/mol. The van der Waals surface area contributed by atoms with E-state index in [1.807, 2.05) is 0 Å². The molecule has 4 N–H and O–H groups in total. The largest absolute Gasteiger partial charge is 0.478 e. The third-order valence-corrected chi connectivity index (χ3v) is 4.09. The molecule has 8 heteroatoms. The lowest BCUT2D eigenvalue weighted by Crippen LogP contribution is -2.16. The van der Waals surface area contributed by atoms with Crippen LogP contribution >= 0.6 is 11.8 Å². The summed E-state index contributed by atoms with van der Waals surface area (Å²) in [5.41, 5.74) is 6.21. The average molecular weight is 292 g/mol. The summed E-state index contributed by atoms with van der Waals surface area (Å²) < 4.78 is 1.59. The van der Waals surface area contributed by atoms with E-state index in [4.69, 9.17) is 10.8 Å². The van der Waals surface area contributed by atoms with E-state index in [0.29, 0.717) is 15.7 Å². The van der Waals surface area contributed by atoms with Crippen LogP contribution in [0.2, 0.25) is 0 Å². The molecule has 0 atom stereocenters. The Labute approximate surface area is 117 Å². The first-order valence-electron chi connectivity index (χ1n) is 6.04. The van der Waals surface area contributed by atoms with Crippen LogP contribution in [0.1, 0.15) is 29.2 Å². The molecular weight excluding hydrogens is 280 g/mol. The summed E-state index contributed by atoms with van der Waals surface area (Å²) in [6.45, 7) is 0. The topological polar surface area (TPSA) is 114 Å². The fraction of sp³-hybridized carbons (Fsp3) is 0.250. The zero-order chi connectivity index (χ0) is 14.3. The second kappa shape index (κ2) is 4.71. The highest BCUT2D eigenvalue weighted by Gasteiger charge is 2.29. The highest BCUT2D eigenvalue weighted by atomic mass is 32.2. The number of nitrogen functional groups attached to an aromatic ring is 1. The molecule has 0 unspecified atom stereocenters. The van der Waals surface area contributed by atoms with Crippen molar-refractivity contribution in [2.45, 2.75) is 28.9 Å². The maximum Gasteiger partial charge on any atom is 0.344 e. The van der Waals surface area contributed by atoms with Crippen molar-refractivity contribution >= 4 is 23.4 Å². The van der Waals surface area contributed by atoms with Gasteiger partial charge in [0.2, 0.25) is 0 Å². The molecule has 3 rings (SSSR count). The number of carboxylic acids is 1. The second-order valence-corrected chi connectivity index (χ2v) is 5.58. The molecule has 20 heavy (non-hydrogen) atoms. The molecule has 1 aliphatic rings. The number of H-pyrrole nitrogens is 1. The van der Waals surface area contributed by atoms with Gasteiger partial charge in [-0.05, 0) is 42.8 Å². The zero-order valence-corrected chi connectivity index (χ0v) is 11.2. The fourth-order valence-electron chi connectivity index (χ4n) is 1.87. The molecule has 1 saturated carbocycles. The molecule has 0 aliphatic heterocycles. The first-order chi connectivity index (χ1) is 9.56. The Morgan fingerprint density at radius 3 is 2.90 bits per heavy atom. The van der Waals surface area contributed by atoms with Gasteiger partial charge in [0.15, 0.2) is 5.16 Å². The van der Waals surface area contributed by atoms with Crippen LogP contribution in [-0.4, -0.2) is 25.8 Å². The molecule has 1 fully saturated rings. The Morgan fingerprint density at radius 1 is 1.50 bits per heavy atom. The van der Waals surface area contributed by atoms with Crippen molar-refractivity contribution in [1.82, 2.24) is 14.8 Å². The molecule has 0 amide bonds. The summed E-state index contributed by atoms with van der Waals surface area (Å²) in [5, 5.41) is 15.9. The Hall–Kier alpha value is -2.22. The predicted molar refractivity (Wildman–Crippen MR) is 73.1 cm³/mol. The molecule has 1 aromatic carbocycles. The summed E-state index contributed by atoms with van der Waals surface area (Å²) in [6, 6.07) is 4.66. The van der Waals surface area contributed by atoms with Crippen molar-refractivity contribution < 1.29 is 9.90 Å².